The fourth-order valence-electron chi connectivity index (χ4n) is 1.35. The molecule has 98 valence electrons. The van der Waals surface area contributed by atoms with Gasteiger partial charge < -0.3 is 20.5 Å². The standard InChI is InChI=1S/C12H16N2O4/c1-13-11(16)5-6-14-12(17)8-3-4-10(18-2)9(15)7-8/h3-4,7,15H,5-6H2,1-2H3,(H,13,16)(H,14,17). The smallest absolute Gasteiger partial charge is 0.251 e. The molecule has 0 fully saturated rings. The molecule has 1 aromatic rings. The maximum atomic E-state index is 11.7. The summed E-state index contributed by atoms with van der Waals surface area (Å²) in [6.07, 6.45) is 0.213. The molecule has 0 atom stereocenters. The third-order valence-electron chi connectivity index (χ3n) is 2.36. The predicted molar refractivity (Wildman–Crippen MR) is 65.7 cm³/mol. The molecule has 18 heavy (non-hydrogen) atoms. The van der Waals surface area contributed by atoms with E-state index in [-0.39, 0.29) is 30.5 Å². The van der Waals surface area contributed by atoms with Gasteiger partial charge in [-0.1, -0.05) is 0 Å². The van der Waals surface area contributed by atoms with E-state index in [1.165, 1.54) is 32.4 Å². The second-order valence-corrected chi connectivity index (χ2v) is 3.57. The van der Waals surface area contributed by atoms with Crippen LogP contribution < -0.4 is 15.4 Å². The Labute approximate surface area is 105 Å². The molecule has 1 aromatic carbocycles. The molecule has 0 aliphatic heterocycles. The van der Waals surface area contributed by atoms with Crippen LogP contribution in [0.2, 0.25) is 0 Å². The molecule has 1 rings (SSSR count). The third kappa shape index (κ3) is 3.65. The summed E-state index contributed by atoms with van der Waals surface area (Å²) >= 11 is 0. The number of ether oxygens (including phenoxy) is 1. The van der Waals surface area contributed by atoms with Gasteiger partial charge in [0.25, 0.3) is 5.91 Å². The van der Waals surface area contributed by atoms with E-state index in [0.29, 0.717) is 11.3 Å². The Morgan fingerprint density at radius 1 is 1.39 bits per heavy atom. The molecule has 0 aromatic heterocycles. The lowest BCUT2D eigenvalue weighted by molar-refractivity contribution is -0.120. The molecule has 6 heteroatoms. The van der Waals surface area contributed by atoms with Crippen LogP contribution in [0.25, 0.3) is 0 Å². The molecular weight excluding hydrogens is 236 g/mol. The minimum atomic E-state index is -0.350. The maximum Gasteiger partial charge on any atom is 0.251 e. The lowest BCUT2D eigenvalue weighted by Crippen LogP contribution is -2.29. The van der Waals surface area contributed by atoms with Crippen molar-refractivity contribution in [2.24, 2.45) is 0 Å². The first-order valence-electron chi connectivity index (χ1n) is 5.44. The minimum Gasteiger partial charge on any atom is -0.504 e. The molecule has 3 N–H and O–H groups in total. The first-order chi connectivity index (χ1) is 8.58. The molecule has 0 aliphatic rings. The summed E-state index contributed by atoms with van der Waals surface area (Å²) in [6.45, 7) is 0.241. The Morgan fingerprint density at radius 2 is 2.11 bits per heavy atom. The summed E-state index contributed by atoms with van der Waals surface area (Å²) in [7, 11) is 2.96. The predicted octanol–water partition coefficient (Wildman–Crippen LogP) is 0.267. The highest BCUT2D eigenvalue weighted by Gasteiger charge is 2.09. The number of phenolic OH excluding ortho intramolecular Hbond substituents is 1. The van der Waals surface area contributed by atoms with E-state index < -0.39 is 0 Å². The number of aromatic hydroxyl groups is 1. The minimum absolute atomic E-state index is 0.101. The molecule has 0 saturated carbocycles. The van der Waals surface area contributed by atoms with Crippen molar-refractivity contribution < 1.29 is 19.4 Å². The van der Waals surface area contributed by atoms with Crippen LogP contribution in [-0.2, 0) is 4.79 Å². The van der Waals surface area contributed by atoms with Gasteiger partial charge in [-0.15, -0.1) is 0 Å². The number of phenols is 1. The number of amides is 2. The molecule has 0 bridgehead atoms. The Hall–Kier alpha value is -2.24. The zero-order valence-corrected chi connectivity index (χ0v) is 10.3. The number of carbonyl (C=O) groups is 2. The molecule has 0 aliphatic carbocycles. The van der Waals surface area contributed by atoms with Gasteiger partial charge in [0.15, 0.2) is 11.5 Å². The molecule has 0 spiro atoms. The average molecular weight is 252 g/mol. The van der Waals surface area contributed by atoms with Crippen LogP contribution in [-0.4, -0.2) is 37.6 Å². The second-order valence-electron chi connectivity index (χ2n) is 3.57. The number of rotatable bonds is 5. The SMILES string of the molecule is CNC(=O)CCNC(=O)c1ccc(OC)c(O)c1. The van der Waals surface area contributed by atoms with Gasteiger partial charge in [-0.25, -0.2) is 0 Å². The molecular formula is C12H16N2O4. The van der Waals surface area contributed by atoms with Crippen molar-refractivity contribution in [3.05, 3.63) is 23.8 Å². The number of benzene rings is 1. The molecule has 0 unspecified atom stereocenters. The summed E-state index contributed by atoms with van der Waals surface area (Å²) in [4.78, 5) is 22.6. The summed E-state index contributed by atoms with van der Waals surface area (Å²) in [6, 6.07) is 4.35. The molecule has 0 saturated heterocycles. The zero-order chi connectivity index (χ0) is 13.5. The van der Waals surface area contributed by atoms with E-state index in [0.717, 1.165) is 0 Å². The highest BCUT2D eigenvalue weighted by atomic mass is 16.5. The number of hydrogen-bond acceptors (Lipinski definition) is 4. The Balaban J connectivity index is 2.56. The van der Waals surface area contributed by atoms with Crippen LogP contribution in [0.15, 0.2) is 18.2 Å². The quantitative estimate of drug-likeness (QED) is 0.701. The highest BCUT2D eigenvalue weighted by molar-refractivity contribution is 5.95. The van der Waals surface area contributed by atoms with Crippen LogP contribution in [0, 0.1) is 0 Å². The van der Waals surface area contributed by atoms with Gasteiger partial charge in [-0.2, -0.15) is 0 Å². The second kappa shape index (κ2) is 6.48. The van der Waals surface area contributed by atoms with Gasteiger partial charge in [0.2, 0.25) is 5.91 Å². The van der Waals surface area contributed by atoms with Crippen molar-refractivity contribution in [1.82, 2.24) is 10.6 Å². The molecule has 6 nitrogen and oxygen atoms in total. The maximum absolute atomic E-state index is 11.7. The molecule has 2 amide bonds. The Bertz CT molecular complexity index is 446. The summed E-state index contributed by atoms with van der Waals surface area (Å²) in [5, 5.41) is 14.6. The van der Waals surface area contributed by atoms with Crippen molar-refractivity contribution in [3.63, 3.8) is 0 Å². The lowest BCUT2D eigenvalue weighted by atomic mass is 10.2. The van der Waals surface area contributed by atoms with Gasteiger partial charge in [0.05, 0.1) is 7.11 Å². The molecule has 0 radical (unpaired) electrons. The fourth-order valence-corrected chi connectivity index (χ4v) is 1.35. The van der Waals surface area contributed by atoms with Gasteiger partial charge in [-0.3, -0.25) is 9.59 Å². The Kier molecular flexibility index (Phi) is 4.98. The van der Waals surface area contributed by atoms with Crippen LogP contribution in [0.4, 0.5) is 0 Å². The normalized spacial score (nSPS) is 9.67. The topological polar surface area (TPSA) is 87.7 Å². The van der Waals surface area contributed by atoms with Gasteiger partial charge in [-0.05, 0) is 18.2 Å². The third-order valence-corrected chi connectivity index (χ3v) is 2.36. The average Bonchev–Trinajstić information content (AvgIpc) is 2.38. The monoisotopic (exact) mass is 252 g/mol. The van der Waals surface area contributed by atoms with Crippen LogP contribution in [0.1, 0.15) is 16.8 Å². The van der Waals surface area contributed by atoms with E-state index in [1.807, 2.05) is 0 Å². The fraction of sp³-hybridized carbons (Fsp3) is 0.333. The van der Waals surface area contributed by atoms with Gasteiger partial charge in [0.1, 0.15) is 0 Å². The summed E-state index contributed by atoms with van der Waals surface area (Å²) in [5.41, 5.74) is 0.310. The number of methoxy groups -OCH3 is 1. The lowest BCUT2D eigenvalue weighted by Gasteiger charge is -2.07. The van der Waals surface area contributed by atoms with Crippen LogP contribution in [0.3, 0.4) is 0 Å². The zero-order valence-electron chi connectivity index (χ0n) is 10.3. The van der Waals surface area contributed by atoms with Crippen molar-refractivity contribution in [2.75, 3.05) is 20.7 Å². The van der Waals surface area contributed by atoms with E-state index in [4.69, 9.17) is 4.74 Å². The van der Waals surface area contributed by atoms with E-state index in [2.05, 4.69) is 10.6 Å². The van der Waals surface area contributed by atoms with E-state index in [9.17, 15) is 14.7 Å². The number of hydrogen-bond donors (Lipinski definition) is 3. The van der Waals surface area contributed by atoms with Gasteiger partial charge >= 0.3 is 0 Å². The van der Waals surface area contributed by atoms with Crippen molar-refractivity contribution in [2.45, 2.75) is 6.42 Å². The van der Waals surface area contributed by atoms with E-state index in [1.54, 1.807) is 0 Å². The van der Waals surface area contributed by atoms with Crippen LogP contribution in [0.5, 0.6) is 11.5 Å². The number of carbonyl (C=O) groups excluding carboxylic acids is 2. The summed E-state index contributed by atoms with van der Waals surface area (Å²) in [5.74, 6) is -0.293. The van der Waals surface area contributed by atoms with Gasteiger partial charge in [0, 0.05) is 25.6 Å². The first kappa shape index (κ1) is 13.8. The van der Waals surface area contributed by atoms with E-state index >= 15 is 0 Å². The van der Waals surface area contributed by atoms with Crippen molar-refractivity contribution in [3.8, 4) is 11.5 Å². The van der Waals surface area contributed by atoms with Crippen LogP contribution >= 0.6 is 0 Å². The Morgan fingerprint density at radius 3 is 2.67 bits per heavy atom. The van der Waals surface area contributed by atoms with Crippen molar-refractivity contribution >= 4 is 11.8 Å². The first-order valence-corrected chi connectivity index (χ1v) is 5.44. The van der Waals surface area contributed by atoms with Crippen molar-refractivity contribution in [1.29, 1.82) is 0 Å². The largest absolute Gasteiger partial charge is 0.504 e. The number of nitrogens with one attached hydrogen (secondary N) is 2. The summed E-state index contributed by atoms with van der Waals surface area (Å²) < 4.78 is 4.87. The molecule has 0 heterocycles. The highest BCUT2D eigenvalue weighted by Crippen LogP contribution is 2.25.